The van der Waals surface area contributed by atoms with E-state index in [4.69, 9.17) is 11.6 Å². The van der Waals surface area contributed by atoms with E-state index >= 15 is 0 Å². The van der Waals surface area contributed by atoms with Crippen LogP contribution in [0.25, 0.3) is 0 Å². The molecule has 17 heavy (non-hydrogen) atoms. The molecule has 0 amide bonds. The van der Waals surface area contributed by atoms with Gasteiger partial charge >= 0.3 is 0 Å². The molecular formula is C12H20ClN3O. The van der Waals surface area contributed by atoms with Gasteiger partial charge in [0.25, 0.3) is 0 Å². The van der Waals surface area contributed by atoms with Gasteiger partial charge in [-0.15, -0.1) is 0 Å². The Morgan fingerprint density at radius 3 is 2.94 bits per heavy atom. The van der Waals surface area contributed by atoms with Crippen LogP contribution in [0.3, 0.4) is 0 Å². The van der Waals surface area contributed by atoms with Gasteiger partial charge in [0.1, 0.15) is 6.10 Å². The average Bonchev–Trinajstić information content (AvgIpc) is 2.71. The molecule has 2 rings (SSSR count). The van der Waals surface area contributed by atoms with Gasteiger partial charge in [0, 0.05) is 6.54 Å². The molecule has 5 heteroatoms. The Morgan fingerprint density at radius 2 is 2.29 bits per heavy atom. The van der Waals surface area contributed by atoms with Crippen molar-refractivity contribution in [3.8, 4) is 0 Å². The molecule has 0 aromatic carbocycles. The first-order chi connectivity index (χ1) is 8.24. The van der Waals surface area contributed by atoms with Crippen molar-refractivity contribution >= 4 is 11.6 Å². The molecule has 2 N–H and O–H groups in total. The Labute approximate surface area is 107 Å². The van der Waals surface area contributed by atoms with E-state index in [9.17, 15) is 5.11 Å². The number of hydrogen-bond acceptors (Lipinski definition) is 3. The molecule has 0 spiro atoms. The van der Waals surface area contributed by atoms with Gasteiger partial charge in [-0.3, -0.25) is 4.68 Å². The zero-order valence-electron chi connectivity index (χ0n) is 10.2. The summed E-state index contributed by atoms with van der Waals surface area (Å²) in [6.45, 7) is 4.85. The standard InChI is InChI=1S/C12H20ClN3O/c1-2-7-16-11(10(13)8-15-16)12(17)9-3-5-14-6-4-9/h8-9,12,14,17H,2-7H2,1H3. The van der Waals surface area contributed by atoms with E-state index in [1.165, 1.54) is 0 Å². The zero-order chi connectivity index (χ0) is 12.3. The first-order valence-corrected chi connectivity index (χ1v) is 6.71. The van der Waals surface area contributed by atoms with Gasteiger partial charge in [0.2, 0.25) is 0 Å². The highest BCUT2D eigenvalue weighted by molar-refractivity contribution is 6.31. The average molecular weight is 258 g/mol. The van der Waals surface area contributed by atoms with Crippen molar-refractivity contribution in [1.82, 2.24) is 15.1 Å². The van der Waals surface area contributed by atoms with Crippen molar-refractivity contribution < 1.29 is 5.11 Å². The fourth-order valence-corrected chi connectivity index (χ4v) is 2.69. The highest BCUT2D eigenvalue weighted by atomic mass is 35.5. The van der Waals surface area contributed by atoms with E-state index in [0.29, 0.717) is 10.9 Å². The molecule has 1 aliphatic heterocycles. The number of aliphatic hydroxyl groups excluding tert-OH is 1. The SMILES string of the molecule is CCCn1ncc(Cl)c1C(O)C1CCNCC1. The number of rotatable bonds is 4. The number of aromatic nitrogens is 2. The van der Waals surface area contributed by atoms with E-state index in [1.54, 1.807) is 6.20 Å². The molecule has 1 unspecified atom stereocenters. The van der Waals surface area contributed by atoms with Crippen LogP contribution in [-0.4, -0.2) is 28.0 Å². The summed E-state index contributed by atoms with van der Waals surface area (Å²) in [5, 5.41) is 18.6. The van der Waals surface area contributed by atoms with E-state index in [2.05, 4.69) is 17.3 Å². The molecule has 4 nitrogen and oxygen atoms in total. The van der Waals surface area contributed by atoms with Crippen LogP contribution in [0.1, 0.15) is 38.0 Å². The van der Waals surface area contributed by atoms with Crippen molar-refractivity contribution in [2.75, 3.05) is 13.1 Å². The zero-order valence-corrected chi connectivity index (χ0v) is 11.0. The summed E-state index contributed by atoms with van der Waals surface area (Å²) >= 11 is 6.14. The first-order valence-electron chi connectivity index (χ1n) is 6.34. The monoisotopic (exact) mass is 257 g/mol. The lowest BCUT2D eigenvalue weighted by molar-refractivity contribution is 0.0806. The molecule has 1 saturated heterocycles. The van der Waals surface area contributed by atoms with Crippen LogP contribution in [0.5, 0.6) is 0 Å². The minimum atomic E-state index is -0.487. The van der Waals surface area contributed by atoms with E-state index in [0.717, 1.165) is 44.6 Å². The predicted octanol–water partition coefficient (Wildman–Crippen LogP) is 1.98. The Kier molecular flexibility index (Phi) is 4.42. The summed E-state index contributed by atoms with van der Waals surface area (Å²) in [6, 6.07) is 0. The van der Waals surface area contributed by atoms with Crippen LogP contribution >= 0.6 is 11.6 Å². The Morgan fingerprint density at radius 1 is 1.59 bits per heavy atom. The third-order valence-corrected chi connectivity index (χ3v) is 3.67. The lowest BCUT2D eigenvalue weighted by atomic mass is 9.90. The molecule has 1 fully saturated rings. The number of aliphatic hydroxyl groups is 1. The summed E-state index contributed by atoms with van der Waals surface area (Å²) in [7, 11) is 0. The van der Waals surface area contributed by atoms with Crippen molar-refractivity contribution in [3.05, 3.63) is 16.9 Å². The summed E-state index contributed by atoms with van der Waals surface area (Å²) in [5.41, 5.74) is 0.792. The number of hydrogen-bond donors (Lipinski definition) is 2. The number of aryl methyl sites for hydroxylation is 1. The molecule has 1 aromatic heterocycles. The highest BCUT2D eigenvalue weighted by Gasteiger charge is 2.27. The Bertz CT molecular complexity index is 361. The third-order valence-electron chi connectivity index (χ3n) is 3.38. The molecule has 2 heterocycles. The lowest BCUT2D eigenvalue weighted by Crippen LogP contribution is -2.31. The van der Waals surface area contributed by atoms with E-state index < -0.39 is 6.10 Å². The normalized spacial score (nSPS) is 19.5. The molecule has 0 radical (unpaired) electrons. The maximum atomic E-state index is 10.4. The van der Waals surface area contributed by atoms with Crippen LogP contribution in [-0.2, 0) is 6.54 Å². The molecule has 0 bridgehead atoms. The van der Waals surface area contributed by atoms with Crippen molar-refractivity contribution in [1.29, 1.82) is 0 Å². The molecule has 0 saturated carbocycles. The van der Waals surface area contributed by atoms with Crippen LogP contribution in [0.4, 0.5) is 0 Å². The van der Waals surface area contributed by atoms with Gasteiger partial charge in [-0.25, -0.2) is 0 Å². The van der Waals surface area contributed by atoms with Crippen LogP contribution < -0.4 is 5.32 Å². The van der Waals surface area contributed by atoms with Crippen LogP contribution in [0.2, 0.25) is 5.02 Å². The predicted molar refractivity (Wildman–Crippen MR) is 68.1 cm³/mol. The lowest BCUT2D eigenvalue weighted by Gasteiger charge is -2.27. The van der Waals surface area contributed by atoms with Crippen LogP contribution in [0.15, 0.2) is 6.20 Å². The van der Waals surface area contributed by atoms with Gasteiger partial charge in [-0.2, -0.15) is 5.10 Å². The molecule has 1 atom stereocenters. The fourth-order valence-electron chi connectivity index (χ4n) is 2.44. The summed E-state index contributed by atoms with van der Waals surface area (Å²) in [4.78, 5) is 0. The minimum absolute atomic E-state index is 0.293. The third kappa shape index (κ3) is 2.81. The Balaban J connectivity index is 2.16. The van der Waals surface area contributed by atoms with E-state index in [1.807, 2.05) is 4.68 Å². The number of nitrogens with one attached hydrogen (secondary N) is 1. The van der Waals surface area contributed by atoms with E-state index in [-0.39, 0.29) is 0 Å². The second kappa shape index (κ2) is 5.85. The quantitative estimate of drug-likeness (QED) is 0.867. The molecule has 96 valence electrons. The van der Waals surface area contributed by atoms with Crippen LogP contribution in [0, 0.1) is 5.92 Å². The van der Waals surface area contributed by atoms with Gasteiger partial charge in [0.05, 0.1) is 16.9 Å². The van der Waals surface area contributed by atoms with Crippen molar-refractivity contribution in [2.45, 2.75) is 38.8 Å². The molecule has 0 aliphatic carbocycles. The second-order valence-electron chi connectivity index (χ2n) is 4.63. The molecule has 1 aliphatic rings. The van der Waals surface area contributed by atoms with Gasteiger partial charge in [-0.1, -0.05) is 18.5 Å². The fraction of sp³-hybridized carbons (Fsp3) is 0.750. The number of nitrogens with zero attached hydrogens (tertiary/aromatic N) is 2. The number of halogens is 1. The van der Waals surface area contributed by atoms with Gasteiger partial charge < -0.3 is 10.4 Å². The highest BCUT2D eigenvalue weighted by Crippen LogP contribution is 2.32. The van der Waals surface area contributed by atoms with Crippen molar-refractivity contribution in [2.24, 2.45) is 5.92 Å². The maximum Gasteiger partial charge on any atom is 0.100 e. The summed E-state index contributed by atoms with van der Waals surface area (Å²) in [6.07, 6.45) is 4.13. The molecule has 1 aromatic rings. The maximum absolute atomic E-state index is 10.4. The minimum Gasteiger partial charge on any atom is -0.386 e. The second-order valence-corrected chi connectivity index (χ2v) is 5.04. The number of piperidine rings is 1. The first kappa shape index (κ1) is 12.9. The topological polar surface area (TPSA) is 50.1 Å². The van der Waals surface area contributed by atoms with Gasteiger partial charge in [0.15, 0.2) is 0 Å². The summed E-state index contributed by atoms with van der Waals surface area (Å²) < 4.78 is 1.84. The Hall–Kier alpha value is -0.580. The largest absolute Gasteiger partial charge is 0.386 e. The van der Waals surface area contributed by atoms with Gasteiger partial charge in [-0.05, 0) is 38.3 Å². The summed E-state index contributed by atoms with van der Waals surface area (Å²) in [5.74, 6) is 0.293. The molecular weight excluding hydrogens is 238 g/mol. The smallest absolute Gasteiger partial charge is 0.100 e. The van der Waals surface area contributed by atoms with Crippen molar-refractivity contribution in [3.63, 3.8) is 0 Å².